The lowest BCUT2D eigenvalue weighted by Gasteiger charge is -2.01. The first-order valence-corrected chi connectivity index (χ1v) is 3.74. The van der Waals surface area contributed by atoms with Gasteiger partial charge < -0.3 is 0 Å². The fourth-order valence-electron chi connectivity index (χ4n) is 1.03. The lowest BCUT2D eigenvalue weighted by Crippen LogP contribution is -2.26. The topological polar surface area (TPSA) is 67.6 Å². The van der Waals surface area contributed by atoms with Gasteiger partial charge in [0, 0.05) is 0 Å². The monoisotopic (exact) mass is 201 g/mol. The van der Waals surface area contributed by atoms with Crippen molar-refractivity contribution in [1.82, 2.24) is 0 Å². The zero-order chi connectivity index (χ0) is 9.42. The van der Waals surface area contributed by atoms with E-state index in [1.807, 2.05) is 0 Å². The van der Waals surface area contributed by atoms with Gasteiger partial charge in [0.25, 0.3) is 0 Å². The molecular formula is C6H4ClN3O3. The number of hydrazine groups is 1. The summed E-state index contributed by atoms with van der Waals surface area (Å²) in [6, 6.07) is 4.75. The molecule has 0 amide bonds. The van der Waals surface area contributed by atoms with Crippen molar-refractivity contribution in [3.8, 4) is 0 Å². The first-order valence-electron chi connectivity index (χ1n) is 3.36. The molecule has 1 N–H and O–H groups in total. The third-order valence-electron chi connectivity index (χ3n) is 1.58. The second-order valence-electron chi connectivity index (χ2n) is 2.34. The Kier molecular flexibility index (Phi) is 1.71. The molecule has 1 heterocycles. The third-order valence-corrected chi connectivity index (χ3v) is 1.90. The van der Waals surface area contributed by atoms with Gasteiger partial charge in [-0.2, -0.15) is 0 Å². The van der Waals surface area contributed by atoms with Crippen LogP contribution in [0.2, 0.25) is 5.02 Å². The SMILES string of the molecule is O=[N+]([O-])N1ONc2c(Cl)cccc21. The number of rotatable bonds is 1. The molecule has 0 saturated carbocycles. The molecule has 2 rings (SSSR count). The van der Waals surface area contributed by atoms with Crippen LogP contribution in [0.5, 0.6) is 0 Å². The van der Waals surface area contributed by atoms with Crippen molar-refractivity contribution in [2.24, 2.45) is 0 Å². The van der Waals surface area contributed by atoms with Gasteiger partial charge in [-0.25, -0.2) is 15.6 Å². The number of nitro groups is 1. The summed E-state index contributed by atoms with van der Waals surface area (Å²) in [5, 5.41) is 10.6. The van der Waals surface area contributed by atoms with Crippen LogP contribution in [-0.4, -0.2) is 5.03 Å². The minimum atomic E-state index is -0.685. The van der Waals surface area contributed by atoms with Gasteiger partial charge in [0.2, 0.25) is 0 Å². The summed E-state index contributed by atoms with van der Waals surface area (Å²) in [5.74, 6) is 0. The average molecular weight is 202 g/mol. The first-order chi connectivity index (χ1) is 6.20. The summed E-state index contributed by atoms with van der Waals surface area (Å²) in [6.07, 6.45) is 0. The number of nitrogens with one attached hydrogen (secondary N) is 1. The predicted molar refractivity (Wildman–Crippen MR) is 45.6 cm³/mol. The lowest BCUT2D eigenvalue weighted by molar-refractivity contribution is -0.541. The van der Waals surface area contributed by atoms with Gasteiger partial charge in [-0.1, -0.05) is 22.6 Å². The first kappa shape index (κ1) is 8.09. The summed E-state index contributed by atoms with van der Waals surface area (Å²) in [4.78, 5) is 15.0. The average Bonchev–Trinajstić information content (AvgIpc) is 2.48. The molecule has 1 aromatic rings. The number of fused-ring (bicyclic) bond motifs is 1. The Labute approximate surface area is 77.7 Å². The van der Waals surface area contributed by atoms with Crippen molar-refractivity contribution in [2.75, 3.05) is 10.7 Å². The molecule has 0 aromatic heterocycles. The van der Waals surface area contributed by atoms with E-state index in [0.29, 0.717) is 15.9 Å². The quantitative estimate of drug-likeness (QED) is 0.552. The molecule has 7 heteroatoms. The van der Waals surface area contributed by atoms with Gasteiger partial charge in [0.1, 0.15) is 5.69 Å². The molecule has 68 valence electrons. The Morgan fingerprint density at radius 3 is 3.08 bits per heavy atom. The molecule has 13 heavy (non-hydrogen) atoms. The van der Waals surface area contributed by atoms with Gasteiger partial charge in [-0.3, -0.25) is 0 Å². The van der Waals surface area contributed by atoms with Crippen molar-refractivity contribution in [3.05, 3.63) is 33.3 Å². The van der Waals surface area contributed by atoms with Crippen molar-refractivity contribution in [1.29, 1.82) is 0 Å². The van der Waals surface area contributed by atoms with Gasteiger partial charge in [-0.05, 0) is 12.1 Å². The molecule has 1 aliphatic rings. The van der Waals surface area contributed by atoms with Crippen molar-refractivity contribution in [3.63, 3.8) is 0 Å². The Morgan fingerprint density at radius 2 is 2.38 bits per heavy atom. The van der Waals surface area contributed by atoms with Crippen LogP contribution in [0.4, 0.5) is 11.4 Å². The van der Waals surface area contributed by atoms with E-state index < -0.39 is 5.03 Å². The van der Waals surface area contributed by atoms with Crippen LogP contribution in [0.3, 0.4) is 0 Å². The molecule has 1 aromatic carbocycles. The summed E-state index contributed by atoms with van der Waals surface area (Å²) in [6.45, 7) is 0. The van der Waals surface area contributed by atoms with Crippen LogP contribution in [0, 0.1) is 10.1 Å². The van der Waals surface area contributed by atoms with Gasteiger partial charge in [0.05, 0.1) is 10.2 Å². The van der Waals surface area contributed by atoms with Gasteiger partial charge >= 0.3 is 0 Å². The second-order valence-corrected chi connectivity index (χ2v) is 2.75. The molecule has 0 spiro atoms. The van der Waals surface area contributed by atoms with E-state index in [0.717, 1.165) is 0 Å². The van der Waals surface area contributed by atoms with Crippen LogP contribution < -0.4 is 10.7 Å². The molecule has 1 aliphatic heterocycles. The maximum Gasteiger partial charge on any atom is 0.194 e. The summed E-state index contributed by atoms with van der Waals surface area (Å²) >= 11 is 5.75. The van der Waals surface area contributed by atoms with Crippen LogP contribution in [0.15, 0.2) is 18.2 Å². The number of anilines is 2. The number of hydrogen-bond donors (Lipinski definition) is 1. The zero-order valence-corrected chi connectivity index (χ0v) is 6.99. The Bertz CT molecular complexity index is 370. The standard InChI is InChI=1S/C6H4ClN3O3/c7-4-2-1-3-5-6(4)8-13-9(5)10(11)12/h1-3,8H. The highest BCUT2D eigenvalue weighted by Gasteiger charge is 2.30. The fourth-order valence-corrected chi connectivity index (χ4v) is 1.24. The molecule has 0 bridgehead atoms. The van der Waals surface area contributed by atoms with Crippen LogP contribution in [0.25, 0.3) is 0 Å². The normalized spacial score (nSPS) is 13.8. The zero-order valence-electron chi connectivity index (χ0n) is 6.23. The van der Waals surface area contributed by atoms with E-state index >= 15 is 0 Å². The largest absolute Gasteiger partial charge is 0.233 e. The van der Waals surface area contributed by atoms with Crippen LogP contribution in [0.1, 0.15) is 0 Å². The number of halogens is 1. The smallest absolute Gasteiger partial charge is 0.194 e. The molecule has 0 aliphatic carbocycles. The summed E-state index contributed by atoms with van der Waals surface area (Å²) in [5.41, 5.74) is 3.05. The highest BCUT2D eigenvalue weighted by Crippen LogP contribution is 2.37. The molecule has 0 fully saturated rings. The van der Waals surface area contributed by atoms with E-state index in [4.69, 9.17) is 11.6 Å². The number of benzene rings is 1. The maximum absolute atomic E-state index is 10.4. The van der Waals surface area contributed by atoms with Gasteiger partial charge in [-0.15, -0.1) is 0 Å². The molecule has 6 nitrogen and oxygen atoms in total. The minimum absolute atomic E-state index is 0.289. The minimum Gasteiger partial charge on any atom is -0.233 e. The maximum atomic E-state index is 10.4. The van der Waals surface area contributed by atoms with Crippen molar-refractivity contribution >= 4 is 23.0 Å². The summed E-state index contributed by atoms with van der Waals surface area (Å²) in [7, 11) is 0. The van der Waals surface area contributed by atoms with Gasteiger partial charge in [0.15, 0.2) is 10.7 Å². The molecule has 0 saturated heterocycles. The van der Waals surface area contributed by atoms with Crippen molar-refractivity contribution < 1.29 is 9.97 Å². The van der Waals surface area contributed by atoms with E-state index in [1.165, 1.54) is 6.07 Å². The van der Waals surface area contributed by atoms with Crippen LogP contribution in [-0.2, 0) is 4.94 Å². The van der Waals surface area contributed by atoms with E-state index in [-0.39, 0.29) is 5.69 Å². The van der Waals surface area contributed by atoms with E-state index in [9.17, 15) is 10.1 Å². The number of para-hydroxylation sites is 1. The highest BCUT2D eigenvalue weighted by molar-refractivity contribution is 6.34. The highest BCUT2D eigenvalue weighted by atomic mass is 35.5. The Morgan fingerprint density at radius 1 is 1.62 bits per heavy atom. The molecule has 0 unspecified atom stereocenters. The summed E-state index contributed by atoms with van der Waals surface area (Å²) < 4.78 is 0. The fraction of sp³-hybridized carbons (Fsp3) is 0. The number of nitrogens with zero attached hydrogens (tertiary/aromatic N) is 2. The molecule has 0 atom stereocenters. The number of hydrogen-bond acceptors (Lipinski definition) is 4. The predicted octanol–water partition coefficient (Wildman–Crippen LogP) is 1.61. The lowest BCUT2D eigenvalue weighted by atomic mass is 10.3. The van der Waals surface area contributed by atoms with E-state index in [2.05, 4.69) is 10.4 Å². The second kappa shape index (κ2) is 2.75. The van der Waals surface area contributed by atoms with E-state index in [1.54, 1.807) is 12.1 Å². The Balaban J connectivity index is 2.49. The molecule has 0 radical (unpaired) electrons. The van der Waals surface area contributed by atoms with Crippen LogP contribution >= 0.6 is 11.6 Å². The molecular weight excluding hydrogens is 198 g/mol. The Hall–Kier alpha value is -1.53. The third kappa shape index (κ3) is 1.16. The van der Waals surface area contributed by atoms with Crippen molar-refractivity contribution in [2.45, 2.75) is 0 Å².